The molecule has 1 heterocycles. The Bertz CT molecular complexity index is 803. The van der Waals surface area contributed by atoms with Crippen molar-refractivity contribution in [1.82, 2.24) is 9.80 Å². The van der Waals surface area contributed by atoms with E-state index < -0.39 is 29.6 Å². The zero-order valence-electron chi connectivity index (χ0n) is 14.8. The molecule has 27 heavy (non-hydrogen) atoms. The van der Waals surface area contributed by atoms with Crippen LogP contribution in [0.1, 0.15) is 10.4 Å². The molecule has 1 N–H and O–H groups in total. The summed E-state index contributed by atoms with van der Waals surface area (Å²) in [6.45, 7) is -0.328. The molecule has 10 heteroatoms. The highest BCUT2D eigenvalue weighted by atomic mass is 16.7. The van der Waals surface area contributed by atoms with Gasteiger partial charge in [-0.2, -0.15) is 0 Å². The van der Waals surface area contributed by atoms with Crippen LogP contribution in [-0.2, 0) is 23.9 Å². The molecule has 0 atom stereocenters. The lowest BCUT2D eigenvalue weighted by molar-refractivity contribution is -0.148. The number of hydrogen-bond donors (Lipinski definition) is 1. The number of nitrogens with one attached hydrogen (secondary N) is 1. The summed E-state index contributed by atoms with van der Waals surface area (Å²) in [7, 11) is 3.86. The molecule has 0 saturated carbocycles. The molecule has 142 valence electrons. The highest BCUT2D eigenvalue weighted by Crippen LogP contribution is 2.16. The minimum Gasteiger partial charge on any atom is -0.432 e. The summed E-state index contributed by atoms with van der Waals surface area (Å²) in [6, 6.07) is 4.99. The highest BCUT2D eigenvalue weighted by Gasteiger charge is 2.37. The number of benzene rings is 1. The Balaban J connectivity index is 2.10. The number of urea groups is 1. The molecule has 0 aromatic heterocycles. The number of amides is 4. The Morgan fingerprint density at radius 1 is 1.04 bits per heavy atom. The van der Waals surface area contributed by atoms with Crippen molar-refractivity contribution in [2.24, 2.45) is 0 Å². The third kappa shape index (κ3) is 4.18. The molecule has 1 aliphatic rings. The molecule has 4 amide bonds. The van der Waals surface area contributed by atoms with Crippen LogP contribution in [0, 0.1) is 0 Å². The highest BCUT2D eigenvalue weighted by molar-refractivity contribution is 6.40. The first-order valence-electron chi connectivity index (χ1n) is 7.65. The van der Waals surface area contributed by atoms with Crippen LogP contribution in [0.15, 0.2) is 36.0 Å². The molecule has 0 radical (unpaired) electrons. The van der Waals surface area contributed by atoms with Crippen LogP contribution in [0.5, 0.6) is 0 Å². The number of ketones is 1. The van der Waals surface area contributed by atoms with E-state index in [0.29, 0.717) is 5.69 Å². The van der Waals surface area contributed by atoms with E-state index in [-0.39, 0.29) is 17.9 Å². The van der Waals surface area contributed by atoms with Crippen LogP contribution in [0.25, 0.3) is 0 Å². The normalized spacial score (nSPS) is 14.3. The van der Waals surface area contributed by atoms with E-state index in [1.54, 1.807) is 0 Å². The molecular weight excluding hydrogens is 358 g/mol. The first-order chi connectivity index (χ1) is 12.8. The molecule has 0 unspecified atom stereocenters. The third-order valence-electron chi connectivity index (χ3n) is 3.67. The first kappa shape index (κ1) is 19.8. The van der Waals surface area contributed by atoms with Crippen LogP contribution in [0.2, 0.25) is 0 Å². The Morgan fingerprint density at radius 2 is 1.59 bits per heavy atom. The van der Waals surface area contributed by atoms with Crippen LogP contribution in [0.4, 0.5) is 10.5 Å². The number of esters is 1. The smallest absolute Gasteiger partial charge is 0.381 e. The van der Waals surface area contributed by atoms with Crippen molar-refractivity contribution >= 4 is 35.3 Å². The molecular formula is C17H17N3O7. The fraction of sp³-hybridized carbons (Fsp3) is 0.235. The average molecular weight is 375 g/mol. The standard InChI is InChI=1S/C17H17N3O7/c1-19-14(22)12(15(23)20(2)17(19)25)8-18-11-6-4-10(5-7-11)13(21)16(24)27-9-26-3/h4-8,18H,9H2,1-3H3. The third-order valence-corrected chi connectivity index (χ3v) is 3.67. The van der Waals surface area contributed by atoms with E-state index in [4.69, 9.17) is 0 Å². The maximum Gasteiger partial charge on any atom is 0.381 e. The number of methoxy groups -OCH3 is 1. The van der Waals surface area contributed by atoms with Gasteiger partial charge in [-0.25, -0.2) is 9.59 Å². The molecule has 0 bridgehead atoms. The number of carbonyl (C=O) groups is 5. The predicted octanol–water partition coefficient (Wildman–Crippen LogP) is 0.363. The van der Waals surface area contributed by atoms with Crippen LogP contribution >= 0.6 is 0 Å². The summed E-state index contributed by atoms with van der Waals surface area (Å²) in [5, 5.41) is 2.74. The number of imide groups is 2. The van der Waals surface area contributed by atoms with E-state index in [9.17, 15) is 24.0 Å². The summed E-state index contributed by atoms with van der Waals surface area (Å²) < 4.78 is 9.12. The van der Waals surface area contributed by atoms with E-state index in [1.165, 1.54) is 51.7 Å². The second-order valence-electron chi connectivity index (χ2n) is 5.46. The van der Waals surface area contributed by atoms with E-state index in [0.717, 1.165) is 9.80 Å². The van der Waals surface area contributed by atoms with Gasteiger partial charge in [0.05, 0.1) is 0 Å². The van der Waals surface area contributed by atoms with Crippen molar-refractivity contribution in [3.63, 3.8) is 0 Å². The molecule has 0 spiro atoms. The predicted molar refractivity (Wildman–Crippen MR) is 91.4 cm³/mol. The number of rotatable bonds is 6. The number of anilines is 1. The van der Waals surface area contributed by atoms with E-state index in [1.807, 2.05) is 0 Å². The summed E-state index contributed by atoms with van der Waals surface area (Å²) in [4.78, 5) is 60.8. The second kappa shape index (κ2) is 8.23. The number of Topliss-reactive ketones (excluding diaryl/α,β-unsaturated/α-hetero) is 1. The van der Waals surface area contributed by atoms with Gasteiger partial charge >= 0.3 is 12.0 Å². The largest absolute Gasteiger partial charge is 0.432 e. The zero-order valence-corrected chi connectivity index (χ0v) is 14.8. The monoisotopic (exact) mass is 375 g/mol. The maximum atomic E-state index is 12.1. The topological polar surface area (TPSA) is 122 Å². The van der Waals surface area contributed by atoms with Crippen molar-refractivity contribution in [3.8, 4) is 0 Å². The van der Waals surface area contributed by atoms with Gasteiger partial charge in [0.2, 0.25) is 0 Å². The molecule has 1 aliphatic heterocycles. The zero-order chi connectivity index (χ0) is 20.1. The number of carbonyl (C=O) groups excluding carboxylic acids is 5. The summed E-state index contributed by atoms with van der Waals surface area (Å²) in [5.41, 5.74) is 0.333. The minimum atomic E-state index is -1.05. The Morgan fingerprint density at radius 3 is 2.11 bits per heavy atom. The molecule has 0 aliphatic carbocycles. The van der Waals surface area contributed by atoms with Gasteiger partial charge in [0.15, 0.2) is 6.79 Å². The summed E-state index contributed by atoms with van der Waals surface area (Å²) in [6.07, 6.45) is 1.17. The van der Waals surface area contributed by atoms with E-state index in [2.05, 4.69) is 14.8 Å². The summed E-state index contributed by atoms with van der Waals surface area (Å²) in [5.74, 6) is -3.35. The number of hydrogen-bond acceptors (Lipinski definition) is 8. The van der Waals surface area contributed by atoms with Gasteiger partial charge in [0.1, 0.15) is 5.57 Å². The SMILES string of the molecule is COCOC(=O)C(=O)c1ccc(NC=C2C(=O)N(C)C(=O)N(C)C2=O)cc1. The van der Waals surface area contributed by atoms with Gasteiger partial charge in [0, 0.05) is 38.7 Å². The van der Waals surface area contributed by atoms with Crippen molar-refractivity contribution < 1.29 is 33.4 Å². The van der Waals surface area contributed by atoms with Gasteiger partial charge in [-0.3, -0.25) is 24.2 Å². The van der Waals surface area contributed by atoms with Gasteiger partial charge in [-0.1, -0.05) is 0 Å². The van der Waals surface area contributed by atoms with Crippen LogP contribution < -0.4 is 5.32 Å². The fourth-order valence-electron chi connectivity index (χ4n) is 2.14. The quantitative estimate of drug-likeness (QED) is 0.189. The lowest BCUT2D eigenvalue weighted by Crippen LogP contribution is -2.53. The molecule has 10 nitrogen and oxygen atoms in total. The Hall–Kier alpha value is -3.53. The lowest BCUT2D eigenvalue weighted by Gasteiger charge is -2.28. The van der Waals surface area contributed by atoms with Gasteiger partial charge in [-0.05, 0) is 24.3 Å². The average Bonchev–Trinajstić information content (AvgIpc) is 2.68. The molecule has 1 saturated heterocycles. The second-order valence-corrected chi connectivity index (χ2v) is 5.46. The van der Waals surface area contributed by atoms with Gasteiger partial charge in [0.25, 0.3) is 17.6 Å². The number of ether oxygens (including phenoxy) is 2. The maximum absolute atomic E-state index is 12.1. The Labute approximate surface area is 154 Å². The molecule has 1 fully saturated rings. The molecule has 1 aromatic carbocycles. The van der Waals surface area contributed by atoms with Crippen molar-refractivity contribution in [2.75, 3.05) is 33.3 Å². The first-order valence-corrected chi connectivity index (χ1v) is 7.65. The van der Waals surface area contributed by atoms with Crippen molar-refractivity contribution in [2.45, 2.75) is 0 Å². The van der Waals surface area contributed by atoms with Crippen LogP contribution in [-0.4, -0.2) is 67.4 Å². The number of likely N-dealkylation sites (N-methyl/N-ethyl adjacent to an activating group) is 2. The van der Waals surface area contributed by atoms with Crippen molar-refractivity contribution in [1.29, 1.82) is 0 Å². The minimum absolute atomic E-state index is 0.101. The lowest BCUT2D eigenvalue weighted by atomic mass is 10.1. The summed E-state index contributed by atoms with van der Waals surface area (Å²) >= 11 is 0. The fourth-order valence-corrected chi connectivity index (χ4v) is 2.14. The van der Waals surface area contributed by atoms with Gasteiger partial charge in [-0.15, -0.1) is 0 Å². The van der Waals surface area contributed by atoms with Crippen molar-refractivity contribution in [3.05, 3.63) is 41.6 Å². The van der Waals surface area contributed by atoms with E-state index >= 15 is 0 Å². The van der Waals surface area contributed by atoms with Gasteiger partial charge < -0.3 is 14.8 Å². The number of nitrogens with zero attached hydrogens (tertiary/aromatic N) is 2. The number of barbiturate groups is 1. The molecule has 1 aromatic rings. The van der Waals surface area contributed by atoms with Crippen LogP contribution in [0.3, 0.4) is 0 Å². The molecule has 2 rings (SSSR count). The Kier molecular flexibility index (Phi) is 6.03.